The summed E-state index contributed by atoms with van der Waals surface area (Å²) >= 11 is 0. The molecule has 1 fully saturated rings. The third-order valence-corrected chi connectivity index (χ3v) is 4.10. The molecule has 1 heteroatoms. The summed E-state index contributed by atoms with van der Waals surface area (Å²) in [5.41, 5.74) is 3.08. The molecular formula is C17H27N. The minimum absolute atomic E-state index is 0.749. The normalized spacial score (nSPS) is 23.1. The molecule has 18 heavy (non-hydrogen) atoms. The van der Waals surface area contributed by atoms with E-state index in [4.69, 9.17) is 0 Å². The van der Waals surface area contributed by atoms with E-state index in [0.717, 1.165) is 24.3 Å². The first kappa shape index (κ1) is 13.6. The summed E-state index contributed by atoms with van der Waals surface area (Å²) in [6.45, 7) is 9.07. The Bertz CT molecular complexity index is 370. The third-order valence-electron chi connectivity index (χ3n) is 4.10. The van der Waals surface area contributed by atoms with Crippen molar-refractivity contribution in [3.63, 3.8) is 0 Å². The standard InChI is InChI=1S/C17H27N/c1-4-18-12-16-8-9-17(16)15-7-5-6-14(11-15)10-13(2)3/h5-7,11,13,16-18H,4,8-10,12H2,1-3H3. The first-order chi connectivity index (χ1) is 8.70. The number of nitrogens with one attached hydrogen (secondary N) is 1. The van der Waals surface area contributed by atoms with Crippen molar-refractivity contribution >= 4 is 0 Å². The molecule has 0 saturated heterocycles. The number of benzene rings is 1. The monoisotopic (exact) mass is 245 g/mol. The Morgan fingerprint density at radius 2 is 2.11 bits per heavy atom. The van der Waals surface area contributed by atoms with E-state index < -0.39 is 0 Å². The maximum atomic E-state index is 3.50. The number of hydrogen-bond acceptors (Lipinski definition) is 1. The van der Waals surface area contributed by atoms with E-state index >= 15 is 0 Å². The molecule has 1 saturated carbocycles. The van der Waals surface area contributed by atoms with Crippen LogP contribution in [0.3, 0.4) is 0 Å². The smallest absolute Gasteiger partial charge is 0.00148 e. The summed E-state index contributed by atoms with van der Waals surface area (Å²) < 4.78 is 0. The second-order valence-corrected chi connectivity index (χ2v) is 6.09. The summed E-state index contributed by atoms with van der Waals surface area (Å²) in [4.78, 5) is 0. The van der Waals surface area contributed by atoms with Gasteiger partial charge in [-0.2, -0.15) is 0 Å². The molecule has 0 bridgehead atoms. The molecule has 0 spiro atoms. The van der Waals surface area contributed by atoms with Crippen LogP contribution in [0.25, 0.3) is 0 Å². The predicted octanol–water partition coefficient (Wildman–Crippen LogP) is 3.99. The quantitative estimate of drug-likeness (QED) is 0.799. The zero-order valence-electron chi connectivity index (χ0n) is 12.1. The van der Waals surface area contributed by atoms with Crippen molar-refractivity contribution in [2.45, 2.75) is 46.0 Å². The van der Waals surface area contributed by atoms with Crippen LogP contribution >= 0.6 is 0 Å². The highest BCUT2D eigenvalue weighted by atomic mass is 14.9. The van der Waals surface area contributed by atoms with E-state index in [1.165, 1.54) is 31.4 Å². The van der Waals surface area contributed by atoms with Crippen LogP contribution in [0.4, 0.5) is 0 Å². The van der Waals surface area contributed by atoms with Gasteiger partial charge < -0.3 is 5.32 Å². The van der Waals surface area contributed by atoms with Crippen LogP contribution in [0.5, 0.6) is 0 Å². The van der Waals surface area contributed by atoms with Crippen molar-refractivity contribution in [1.29, 1.82) is 0 Å². The van der Waals surface area contributed by atoms with Crippen molar-refractivity contribution in [2.75, 3.05) is 13.1 Å². The van der Waals surface area contributed by atoms with E-state index in [1.54, 1.807) is 5.56 Å². The fraction of sp³-hybridized carbons (Fsp3) is 0.647. The van der Waals surface area contributed by atoms with Gasteiger partial charge in [-0.05, 0) is 61.2 Å². The highest BCUT2D eigenvalue weighted by Crippen LogP contribution is 2.42. The Morgan fingerprint density at radius 3 is 2.72 bits per heavy atom. The molecule has 0 heterocycles. The molecule has 1 aromatic rings. The van der Waals surface area contributed by atoms with Gasteiger partial charge in [0.05, 0.1) is 0 Å². The zero-order chi connectivity index (χ0) is 13.0. The van der Waals surface area contributed by atoms with Crippen LogP contribution in [0, 0.1) is 11.8 Å². The lowest BCUT2D eigenvalue weighted by atomic mass is 9.69. The SMILES string of the molecule is CCNCC1CCC1c1cccc(CC(C)C)c1. The molecule has 0 aromatic heterocycles. The lowest BCUT2D eigenvalue weighted by molar-refractivity contribution is 0.247. The largest absolute Gasteiger partial charge is 0.317 e. The molecule has 0 radical (unpaired) electrons. The number of hydrogen-bond donors (Lipinski definition) is 1. The molecule has 2 atom stereocenters. The summed E-state index contributed by atoms with van der Waals surface area (Å²) in [6, 6.07) is 9.30. The summed E-state index contributed by atoms with van der Waals surface area (Å²) in [6.07, 6.45) is 3.98. The maximum Gasteiger partial charge on any atom is -0.00148 e. The molecule has 100 valence electrons. The third kappa shape index (κ3) is 3.35. The van der Waals surface area contributed by atoms with Gasteiger partial charge in [0.15, 0.2) is 0 Å². The zero-order valence-corrected chi connectivity index (χ0v) is 12.1. The first-order valence-electron chi connectivity index (χ1n) is 7.50. The van der Waals surface area contributed by atoms with Gasteiger partial charge in [0.25, 0.3) is 0 Å². The molecule has 1 aliphatic carbocycles. The van der Waals surface area contributed by atoms with Gasteiger partial charge in [0, 0.05) is 0 Å². The van der Waals surface area contributed by atoms with Gasteiger partial charge in [0.2, 0.25) is 0 Å². The van der Waals surface area contributed by atoms with Crippen LogP contribution in [0.2, 0.25) is 0 Å². The van der Waals surface area contributed by atoms with Gasteiger partial charge in [-0.1, -0.05) is 45.0 Å². The van der Waals surface area contributed by atoms with E-state index in [2.05, 4.69) is 50.4 Å². The fourth-order valence-electron chi connectivity index (χ4n) is 3.00. The van der Waals surface area contributed by atoms with Crippen molar-refractivity contribution in [3.8, 4) is 0 Å². The molecule has 2 rings (SSSR count). The van der Waals surface area contributed by atoms with Gasteiger partial charge in [-0.25, -0.2) is 0 Å². The lowest BCUT2D eigenvalue weighted by Crippen LogP contribution is -2.33. The van der Waals surface area contributed by atoms with Crippen LogP contribution < -0.4 is 5.32 Å². The van der Waals surface area contributed by atoms with Crippen LogP contribution in [0.15, 0.2) is 24.3 Å². The average molecular weight is 245 g/mol. The molecule has 2 unspecified atom stereocenters. The summed E-state index contributed by atoms with van der Waals surface area (Å²) in [5.74, 6) is 2.41. The Labute approximate surface area is 112 Å². The summed E-state index contributed by atoms with van der Waals surface area (Å²) in [5, 5.41) is 3.50. The van der Waals surface area contributed by atoms with E-state index in [9.17, 15) is 0 Å². The van der Waals surface area contributed by atoms with E-state index in [1.807, 2.05) is 0 Å². The molecule has 1 aliphatic rings. The Morgan fingerprint density at radius 1 is 1.28 bits per heavy atom. The molecule has 1 nitrogen and oxygen atoms in total. The predicted molar refractivity (Wildman–Crippen MR) is 79.0 cm³/mol. The summed E-state index contributed by atoms with van der Waals surface area (Å²) in [7, 11) is 0. The van der Waals surface area contributed by atoms with Crippen LogP contribution in [-0.2, 0) is 6.42 Å². The highest BCUT2D eigenvalue weighted by Gasteiger charge is 2.31. The fourth-order valence-corrected chi connectivity index (χ4v) is 3.00. The first-order valence-corrected chi connectivity index (χ1v) is 7.50. The van der Waals surface area contributed by atoms with E-state index in [-0.39, 0.29) is 0 Å². The molecule has 0 aliphatic heterocycles. The molecule has 0 amide bonds. The minimum atomic E-state index is 0.749. The van der Waals surface area contributed by atoms with Gasteiger partial charge >= 0.3 is 0 Å². The second kappa shape index (κ2) is 6.38. The lowest BCUT2D eigenvalue weighted by Gasteiger charge is -2.37. The van der Waals surface area contributed by atoms with Crippen LogP contribution in [-0.4, -0.2) is 13.1 Å². The Balaban J connectivity index is 2.00. The topological polar surface area (TPSA) is 12.0 Å². The van der Waals surface area contributed by atoms with Crippen LogP contribution in [0.1, 0.15) is 50.7 Å². The molecule has 1 aromatic carbocycles. The Hall–Kier alpha value is -0.820. The van der Waals surface area contributed by atoms with Gasteiger partial charge in [-0.15, -0.1) is 0 Å². The van der Waals surface area contributed by atoms with E-state index in [0.29, 0.717) is 0 Å². The highest BCUT2D eigenvalue weighted by molar-refractivity contribution is 5.29. The number of rotatable bonds is 6. The molecular weight excluding hydrogens is 218 g/mol. The molecule has 1 N–H and O–H groups in total. The average Bonchev–Trinajstić information content (AvgIpc) is 2.27. The van der Waals surface area contributed by atoms with Crippen molar-refractivity contribution in [2.24, 2.45) is 11.8 Å². The maximum absolute atomic E-state index is 3.50. The van der Waals surface area contributed by atoms with Crippen molar-refractivity contribution in [1.82, 2.24) is 5.32 Å². The van der Waals surface area contributed by atoms with Crippen molar-refractivity contribution < 1.29 is 0 Å². The Kier molecular flexibility index (Phi) is 4.82. The van der Waals surface area contributed by atoms with Gasteiger partial charge in [0.1, 0.15) is 0 Å². The minimum Gasteiger partial charge on any atom is -0.317 e. The van der Waals surface area contributed by atoms with Gasteiger partial charge in [-0.3, -0.25) is 0 Å². The van der Waals surface area contributed by atoms with Crippen molar-refractivity contribution in [3.05, 3.63) is 35.4 Å². The second-order valence-electron chi connectivity index (χ2n) is 6.09.